The third kappa shape index (κ3) is 4.33. The minimum atomic E-state index is -4.21. The van der Waals surface area contributed by atoms with Crippen molar-refractivity contribution in [3.05, 3.63) is 23.8 Å². The van der Waals surface area contributed by atoms with Gasteiger partial charge in [-0.25, -0.2) is 0 Å². The zero-order valence-electron chi connectivity index (χ0n) is 15.0. The largest absolute Gasteiger partial charge is 0.481 e. The molecule has 0 amide bonds. The number of carboxylic acids is 1. The molecule has 1 aliphatic rings. The molecule has 0 aromatic heterocycles. The predicted octanol–water partition coefficient (Wildman–Crippen LogP) is 3.45. The van der Waals surface area contributed by atoms with Gasteiger partial charge in [0, 0.05) is 30.1 Å². The fourth-order valence-corrected chi connectivity index (χ4v) is 4.00. The van der Waals surface area contributed by atoms with Gasteiger partial charge in [-0.2, -0.15) is 8.42 Å². The van der Waals surface area contributed by atoms with Crippen LogP contribution in [0.5, 0.6) is 0 Å². The fraction of sp³-hybridized carbons (Fsp3) is 0.611. The van der Waals surface area contributed by atoms with Crippen molar-refractivity contribution in [3.8, 4) is 0 Å². The lowest BCUT2D eigenvalue weighted by Crippen LogP contribution is -2.39. The van der Waals surface area contributed by atoms with Crippen LogP contribution in [0, 0.1) is 0 Å². The van der Waals surface area contributed by atoms with Gasteiger partial charge in [0.05, 0.1) is 4.90 Å². The number of anilines is 1. The van der Waals surface area contributed by atoms with E-state index >= 15 is 0 Å². The van der Waals surface area contributed by atoms with Crippen molar-refractivity contribution >= 4 is 21.8 Å². The minimum Gasteiger partial charge on any atom is -0.481 e. The van der Waals surface area contributed by atoms with E-state index in [-0.39, 0.29) is 22.8 Å². The number of aliphatic carboxylic acids is 1. The Labute approximate surface area is 149 Å². The highest BCUT2D eigenvalue weighted by Crippen LogP contribution is 2.45. The van der Waals surface area contributed by atoms with E-state index < -0.39 is 16.1 Å². The second-order valence-electron chi connectivity index (χ2n) is 7.30. The van der Waals surface area contributed by atoms with Crippen molar-refractivity contribution in [3.63, 3.8) is 0 Å². The summed E-state index contributed by atoms with van der Waals surface area (Å²) in [7, 11) is -4.21. The van der Waals surface area contributed by atoms with Crippen LogP contribution in [0.1, 0.15) is 58.4 Å². The first kappa shape index (κ1) is 19.7. The SMILES string of the molecule is CC1N(CCCCCCC(=O)O)c2ccc(S(=O)(=O)O)cc2C1(C)C. The number of hydrogen-bond donors (Lipinski definition) is 2. The average molecular weight is 369 g/mol. The van der Waals surface area contributed by atoms with E-state index in [1.165, 1.54) is 6.07 Å². The number of carboxylic acid groups (broad SMARTS) is 1. The van der Waals surface area contributed by atoms with E-state index in [4.69, 9.17) is 5.11 Å². The zero-order valence-corrected chi connectivity index (χ0v) is 15.8. The molecular weight excluding hydrogens is 342 g/mol. The van der Waals surface area contributed by atoms with Crippen LogP contribution in [-0.4, -0.2) is 36.6 Å². The molecule has 1 aliphatic heterocycles. The van der Waals surface area contributed by atoms with E-state index in [0.717, 1.165) is 37.1 Å². The molecule has 0 bridgehead atoms. The smallest absolute Gasteiger partial charge is 0.303 e. The Balaban J connectivity index is 2.08. The molecule has 140 valence electrons. The van der Waals surface area contributed by atoms with Crippen molar-refractivity contribution in [2.45, 2.75) is 69.2 Å². The van der Waals surface area contributed by atoms with Crippen LogP contribution in [0.3, 0.4) is 0 Å². The van der Waals surface area contributed by atoms with Gasteiger partial charge in [0.15, 0.2) is 0 Å². The number of unbranched alkanes of at least 4 members (excludes halogenated alkanes) is 3. The molecule has 0 saturated heterocycles. The van der Waals surface area contributed by atoms with Crippen molar-refractivity contribution in [1.82, 2.24) is 0 Å². The maximum atomic E-state index is 11.4. The first-order valence-electron chi connectivity index (χ1n) is 8.65. The monoisotopic (exact) mass is 369 g/mol. The van der Waals surface area contributed by atoms with Crippen LogP contribution in [0.2, 0.25) is 0 Å². The van der Waals surface area contributed by atoms with Gasteiger partial charge in [-0.3, -0.25) is 9.35 Å². The van der Waals surface area contributed by atoms with Crippen LogP contribution in [0.25, 0.3) is 0 Å². The number of carbonyl (C=O) groups is 1. The second-order valence-corrected chi connectivity index (χ2v) is 8.72. The maximum Gasteiger partial charge on any atom is 0.303 e. The third-order valence-corrected chi connectivity index (χ3v) is 6.17. The molecule has 6 nitrogen and oxygen atoms in total. The molecule has 1 aromatic rings. The van der Waals surface area contributed by atoms with Gasteiger partial charge in [-0.15, -0.1) is 0 Å². The van der Waals surface area contributed by atoms with E-state index in [2.05, 4.69) is 25.7 Å². The first-order chi connectivity index (χ1) is 11.5. The Kier molecular flexibility index (Phi) is 5.79. The molecule has 0 spiro atoms. The molecule has 2 rings (SSSR count). The van der Waals surface area contributed by atoms with E-state index in [0.29, 0.717) is 6.42 Å². The van der Waals surface area contributed by atoms with Crippen molar-refractivity contribution < 1.29 is 22.9 Å². The summed E-state index contributed by atoms with van der Waals surface area (Å²) in [5.41, 5.74) is 1.72. The Hall–Kier alpha value is -1.60. The van der Waals surface area contributed by atoms with Gasteiger partial charge >= 0.3 is 5.97 Å². The lowest BCUT2D eigenvalue weighted by Gasteiger charge is -2.31. The fourth-order valence-electron chi connectivity index (χ4n) is 3.49. The lowest BCUT2D eigenvalue weighted by molar-refractivity contribution is -0.137. The third-order valence-electron chi connectivity index (χ3n) is 5.32. The molecule has 0 radical (unpaired) electrons. The highest BCUT2D eigenvalue weighted by Gasteiger charge is 2.42. The lowest BCUT2D eigenvalue weighted by atomic mass is 9.81. The molecule has 7 heteroatoms. The van der Waals surface area contributed by atoms with Gasteiger partial charge in [0.25, 0.3) is 10.1 Å². The molecule has 1 heterocycles. The van der Waals surface area contributed by atoms with Gasteiger partial charge in [0.1, 0.15) is 0 Å². The normalized spacial score (nSPS) is 19.0. The minimum absolute atomic E-state index is 0.0676. The maximum absolute atomic E-state index is 11.4. The van der Waals surface area contributed by atoms with E-state index in [9.17, 15) is 17.8 Å². The molecule has 0 saturated carbocycles. The Morgan fingerprint density at radius 1 is 1.20 bits per heavy atom. The average Bonchev–Trinajstić information content (AvgIpc) is 2.69. The standard InChI is InChI=1S/C18H27NO5S/c1-13-18(2,3)15-12-14(25(22,23)24)9-10-16(15)19(13)11-7-5-4-6-8-17(20)21/h9-10,12-13H,4-8,11H2,1-3H3,(H,20,21)(H,22,23,24). The highest BCUT2D eigenvalue weighted by molar-refractivity contribution is 7.85. The number of benzene rings is 1. The highest BCUT2D eigenvalue weighted by atomic mass is 32.2. The molecule has 1 aromatic carbocycles. The quantitative estimate of drug-likeness (QED) is 0.538. The van der Waals surface area contributed by atoms with Crippen LogP contribution < -0.4 is 4.90 Å². The summed E-state index contributed by atoms with van der Waals surface area (Å²) in [6.07, 6.45) is 3.74. The number of nitrogens with zero attached hydrogens (tertiary/aromatic N) is 1. The molecule has 1 atom stereocenters. The number of hydrogen-bond acceptors (Lipinski definition) is 4. The van der Waals surface area contributed by atoms with E-state index in [1.54, 1.807) is 12.1 Å². The number of rotatable bonds is 8. The molecular formula is C18H27NO5S. The summed E-state index contributed by atoms with van der Waals surface area (Å²) in [5, 5.41) is 8.65. The van der Waals surface area contributed by atoms with Crippen LogP contribution in [0.4, 0.5) is 5.69 Å². The second kappa shape index (κ2) is 7.33. The Morgan fingerprint density at radius 3 is 2.44 bits per heavy atom. The molecule has 2 N–H and O–H groups in total. The van der Waals surface area contributed by atoms with Gasteiger partial charge in [0.2, 0.25) is 0 Å². The van der Waals surface area contributed by atoms with Crippen LogP contribution in [-0.2, 0) is 20.3 Å². The number of fused-ring (bicyclic) bond motifs is 1. The Morgan fingerprint density at radius 2 is 1.84 bits per heavy atom. The molecule has 0 aliphatic carbocycles. The first-order valence-corrected chi connectivity index (χ1v) is 10.1. The van der Waals surface area contributed by atoms with Crippen LogP contribution in [0.15, 0.2) is 23.1 Å². The summed E-state index contributed by atoms with van der Waals surface area (Å²) >= 11 is 0. The zero-order chi connectivity index (χ0) is 18.8. The van der Waals surface area contributed by atoms with Crippen molar-refractivity contribution in [2.24, 2.45) is 0 Å². The molecule has 25 heavy (non-hydrogen) atoms. The van der Waals surface area contributed by atoms with Crippen molar-refractivity contribution in [2.75, 3.05) is 11.4 Å². The summed E-state index contributed by atoms with van der Waals surface area (Å²) in [5.74, 6) is -0.751. The summed E-state index contributed by atoms with van der Waals surface area (Å²) in [4.78, 5) is 12.7. The van der Waals surface area contributed by atoms with Gasteiger partial charge in [-0.05, 0) is 43.5 Å². The summed E-state index contributed by atoms with van der Waals surface area (Å²) in [6, 6.07) is 5.00. The van der Waals surface area contributed by atoms with Crippen LogP contribution >= 0.6 is 0 Å². The van der Waals surface area contributed by atoms with Gasteiger partial charge < -0.3 is 10.0 Å². The summed E-state index contributed by atoms with van der Waals surface area (Å²) < 4.78 is 32.2. The van der Waals surface area contributed by atoms with E-state index in [1.807, 2.05) is 0 Å². The topological polar surface area (TPSA) is 94.9 Å². The van der Waals surface area contributed by atoms with Gasteiger partial charge in [-0.1, -0.05) is 26.7 Å². The molecule has 0 fully saturated rings. The Bertz CT molecular complexity index is 742. The summed E-state index contributed by atoms with van der Waals surface area (Å²) in [6.45, 7) is 7.13. The van der Waals surface area contributed by atoms with Crippen molar-refractivity contribution in [1.29, 1.82) is 0 Å². The molecule has 1 unspecified atom stereocenters. The predicted molar refractivity (Wildman–Crippen MR) is 96.8 cm³/mol.